The number of hydrogen-bond donors (Lipinski definition) is 2. The molecule has 0 radical (unpaired) electrons. The number of aliphatic hydroxyl groups is 2. The van der Waals surface area contributed by atoms with Gasteiger partial charge in [0.2, 0.25) is 0 Å². The summed E-state index contributed by atoms with van der Waals surface area (Å²) < 4.78 is 0. The molecule has 1 aliphatic carbocycles. The van der Waals surface area contributed by atoms with E-state index < -0.39 is 0 Å². The second-order valence-electron chi connectivity index (χ2n) is 8.81. The Bertz CT molecular complexity index is 723. The summed E-state index contributed by atoms with van der Waals surface area (Å²) in [5, 5.41) is 22.6. The number of rotatable bonds is 1. The molecule has 2 N–H and O–H groups in total. The highest BCUT2D eigenvalue weighted by molar-refractivity contribution is 5.67. The predicted octanol–water partition coefficient (Wildman–Crippen LogP) is 1.55. The zero-order valence-corrected chi connectivity index (χ0v) is 14.3. The van der Waals surface area contributed by atoms with Crippen LogP contribution in [-0.4, -0.2) is 52.6 Å². The molecule has 10 atom stereocenters. The highest BCUT2D eigenvalue weighted by atomic mass is 16.3. The minimum absolute atomic E-state index is 0.126. The molecule has 1 aromatic rings. The van der Waals surface area contributed by atoms with Gasteiger partial charge in [-0.3, -0.25) is 4.90 Å². The summed E-state index contributed by atoms with van der Waals surface area (Å²) in [4.78, 5) is 4.83. The standard InChI is InChI=1S/C20H26N2O2/c1-3-10-11-8-14-17-20(12-6-4-5-7-13(12)21(17)2)9-15(16(11)18(20)23)22(14)19(10)24/h4-7,10-11,14-19,23-24H,3,8-9H2,1-2H3/t10-,11-,14-,15-,16-,17-,18-,19-,20+/m0/s1. The van der Waals surface area contributed by atoms with Crippen LogP contribution in [0.2, 0.25) is 0 Å². The van der Waals surface area contributed by atoms with Crippen molar-refractivity contribution in [3.63, 3.8) is 0 Å². The first-order valence-corrected chi connectivity index (χ1v) is 9.57. The maximum Gasteiger partial charge on any atom is 0.111 e. The smallest absolute Gasteiger partial charge is 0.111 e. The van der Waals surface area contributed by atoms with Crippen molar-refractivity contribution in [1.29, 1.82) is 0 Å². The van der Waals surface area contributed by atoms with Gasteiger partial charge >= 0.3 is 0 Å². The average Bonchev–Trinajstić information content (AvgIpc) is 2.97. The van der Waals surface area contributed by atoms with E-state index in [0.717, 1.165) is 19.3 Å². The normalized spacial score (nSPS) is 55.8. The molecule has 1 aromatic carbocycles. The lowest BCUT2D eigenvalue weighted by molar-refractivity contribution is -0.211. The monoisotopic (exact) mass is 326 g/mol. The Hall–Kier alpha value is -1.10. The summed E-state index contributed by atoms with van der Waals surface area (Å²) in [7, 11) is 2.19. The van der Waals surface area contributed by atoms with Gasteiger partial charge in [0.1, 0.15) is 6.23 Å². The third-order valence-electron chi connectivity index (χ3n) is 8.46. The molecule has 1 saturated carbocycles. The van der Waals surface area contributed by atoms with Crippen molar-refractivity contribution in [2.45, 2.75) is 62.1 Å². The van der Waals surface area contributed by atoms with Crippen molar-refractivity contribution < 1.29 is 10.2 Å². The fourth-order valence-corrected chi connectivity index (χ4v) is 7.88. The number of hydrogen-bond acceptors (Lipinski definition) is 4. The molecule has 0 aromatic heterocycles. The van der Waals surface area contributed by atoms with Crippen LogP contribution in [0, 0.1) is 17.8 Å². The number of aliphatic hydroxyl groups excluding tert-OH is 2. The van der Waals surface area contributed by atoms with Crippen LogP contribution in [0.5, 0.6) is 0 Å². The molecular weight excluding hydrogens is 300 g/mol. The van der Waals surface area contributed by atoms with E-state index in [1.165, 1.54) is 11.3 Å². The maximum atomic E-state index is 11.6. The lowest BCUT2D eigenvalue weighted by atomic mass is 9.62. The Labute approximate surface area is 143 Å². The van der Waals surface area contributed by atoms with Crippen molar-refractivity contribution >= 4 is 5.69 Å². The van der Waals surface area contributed by atoms with Gasteiger partial charge in [-0.05, 0) is 36.8 Å². The van der Waals surface area contributed by atoms with E-state index in [2.05, 4.69) is 48.0 Å². The highest BCUT2D eigenvalue weighted by Gasteiger charge is 2.76. The first kappa shape index (κ1) is 14.1. The molecule has 5 fully saturated rings. The van der Waals surface area contributed by atoms with E-state index in [4.69, 9.17) is 0 Å². The summed E-state index contributed by atoms with van der Waals surface area (Å²) in [6, 6.07) is 9.70. The Kier molecular flexibility index (Phi) is 2.45. The quantitative estimate of drug-likeness (QED) is 0.822. The molecule has 5 heterocycles. The number of benzene rings is 1. The zero-order valence-electron chi connectivity index (χ0n) is 14.3. The van der Waals surface area contributed by atoms with E-state index >= 15 is 0 Å². The SMILES string of the molecule is CC[C@H]1[C@@H]2C[C@H]3[C@@H]4N(C)c5ccccc5[C@]45C[C@@H]([C@H]2[C@@H]5O)N3[C@H]1O. The van der Waals surface area contributed by atoms with Gasteiger partial charge in [0.25, 0.3) is 0 Å². The molecule has 5 bridgehead atoms. The average molecular weight is 326 g/mol. The van der Waals surface area contributed by atoms with Crippen molar-refractivity contribution in [2.75, 3.05) is 11.9 Å². The molecule has 6 aliphatic rings. The van der Waals surface area contributed by atoms with Gasteiger partial charge < -0.3 is 15.1 Å². The Balaban J connectivity index is 1.60. The van der Waals surface area contributed by atoms with Gasteiger partial charge in [-0.1, -0.05) is 25.1 Å². The van der Waals surface area contributed by atoms with Crippen LogP contribution in [0.25, 0.3) is 0 Å². The maximum absolute atomic E-state index is 11.6. The summed E-state index contributed by atoms with van der Waals surface area (Å²) in [6.45, 7) is 2.19. The molecule has 4 nitrogen and oxygen atoms in total. The first-order chi connectivity index (χ1) is 11.6. The van der Waals surface area contributed by atoms with Crippen LogP contribution in [-0.2, 0) is 5.41 Å². The topological polar surface area (TPSA) is 46.9 Å². The molecule has 128 valence electrons. The Morgan fingerprint density at radius 3 is 2.79 bits per heavy atom. The minimum atomic E-state index is -0.319. The molecule has 1 spiro atoms. The first-order valence-electron chi connectivity index (χ1n) is 9.57. The lowest BCUT2D eigenvalue weighted by Gasteiger charge is -2.62. The molecule has 4 saturated heterocycles. The Morgan fingerprint density at radius 2 is 2.00 bits per heavy atom. The number of anilines is 1. The number of nitrogens with zero attached hydrogens (tertiary/aromatic N) is 2. The third kappa shape index (κ3) is 1.20. The zero-order chi connectivity index (χ0) is 16.4. The third-order valence-corrected chi connectivity index (χ3v) is 8.46. The fourth-order valence-electron chi connectivity index (χ4n) is 7.88. The molecule has 5 aliphatic heterocycles. The summed E-state index contributed by atoms with van der Waals surface area (Å²) in [5.41, 5.74) is 2.51. The lowest BCUT2D eigenvalue weighted by Crippen LogP contribution is -2.72. The van der Waals surface area contributed by atoms with Gasteiger partial charge in [-0.2, -0.15) is 0 Å². The molecule has 4 heteroatoms. The highest BCUT2D eigenvalue weighted by Crippen LogP contribution is 2.68. The van der Waals surface area contributed by atoms with Crippen molar-refractivity contribution in [3.05, 3.63) is 29.8 Å². The van der Waals surface area contributed by atoms with Crippen LogP contribution < -0.4 is 4.90 Å². The van der Waals surface area contributed by atoms with E-state index in [0.29, 0.717) is 35.9 Å². The molecule has 1 unspecified atom stereocenters. The van der Waals surface area contributed by atoms with E-state index in [9.17, 15) is 10.2 Å². The number of fused-ring (bicyclic) bond motifs is 2. The minimum Gasteiger partial charge on any atom is -0.392 e. The van der Waals surface area contributed by atoms with Crippen LogP contribution in [0.15, 0.2) is 24.3 Å². The molecule has 0 amide bonds. The van der Waals surface area contributed by atoms with E-state index in [1.807, 2.05) is 0 Å². The number of para-hydroxylation sites is 1. The predicted molar refractivity (Wildman–Crippen MR) is 91.7 cm³/mol. The Morgan fingerprint density at radius 1 is 1.21 bits per heavy atom. The fraction of sp³-hybridized carbons (Fsp3) is 0.700. The summed E-state index contributed by atoms with van der Waals surface area (Å²) >= 11 is 0. The number of piperidine rings is 4. The molecule has 7 rings (SSSR count). The second kappa shape index (κ2) is 4.17. The van der Waals surface area contributed by atoms with Gasteiger partial charge in [0, 0.05) is 42.1 Å². The van der Waals surface area contributed by atoms with E-state index in [-0.39, 0.29) is 17.7 Å². The largest absolute Gasteiger partial charge is 0.392 e. The summed E-state index contributed by atoms with van der Waals surface area (Å²) in [6.07, 6.45) is 2.56. The molecule has 24 heavy (non-hydrogen) atoms. The summed E-state index contributed by atoms with van der Waals surface area (Å²) in [5.74, 6) is 1.14. The van der Waals surface area contributed by atoms with Crippen molar-refractivity contribution in [1.82, 2.24) is 4.90 Å². The van der Waals surface area contributed by atoms with Gasteiger partial charge in [-0.15, -0.1) is 0 Å². The van der Waals surface area contributed by atoms with Gasteiger partial charge in [0.15, 0.2) is 0 Å². The van der Waals surface area contributed by atoms with Gasteiger partial charge in [-0.25, -0.2) is 0 Å². The van der Waals surface area contributed by atoms with Crippen molar-refractivity contribution in [2.24, 2.45) is 17.8 Å². The van der Waals surface area contributed by atoms with Crippen LogP contribution in [0.1, 0.15) is 31.7 Å². The van der Waals surface area contributed by atoms with Crippen molar-refractivity contribution in [3.8, 4) is 0 Å². The van der Waals surface area contributed by atoms with Crippen LogP contribution in [0.3, 0.4) is 0 Å². The second-order valence-corrected chi connectivity index (χ2v) is 8.81. The van der Waals surface area contributed by atoms with Gasteiger partial charge in [0.05, 0.1) is 12.1 Å². The molecular formula is C20H26N2O2. The number of likely N-dealkylation sites (N-methyl/N-ethyl adjacent to an activating group) is 1. The van der Waals surface area contributed by atoms with E-state index in [1.54, 1.807) is 0 Å². The van der Waals surface area contributed by atoms with Crippen LogP contribution in [0.4, 0.5) is 5.69 Å². The van der Waals surface area contributed by atoms with Crippen LogP contribution >= 0.6 is 0 Å².